The number of aromatic carboxylic acids is 1. The van der Waals surface area contributed by atoms with Gasteiger partial charge in [-0.05, 0) is 31.4 Å². The van der Waals surface area contributed by atoms with E-state index in [1.165, 1.54) is 12.3 Å². The predicted octanol–water partition coefficient (Wildman–Crippen LogP) is 3.15. The van der Waals surface area contributed by atoms with Crippen LogP contribution in [0.3, 0.4) is 0 Å². The van der Waals surface area contributed by atoms with Gasteiger partial charge in [0.1, 0.15) is 17.5 Å². The van der Waals surface area contributed by atoms with Gasteiger partial charge in [0.25, 0.3) is 0 Å². The van der Waals surface area contributed by atoms with Crippen molar-refractivity contribution in [2.45, 2.75) is 49.9 Å². The van der Waals surface area contributed by atoms with Crippen molar-refractivity contribution in [1.29, 1.82) is 0 Å². The number of anilines is 1. The molecule has 3 aromatic rings. The number of nitrogens with zero attached hydrogens (tertiary/aromatic N) is 5. The van der Waals surface area contributed by atoms with E-state index in [0.29, 0.717) is 17.9 Å². The summed E-state index contributed by atoms with van der Waals surface area (Å²) in [7, 11) is 0. The summed E-state index contributed by atoms with van der Waals surface area (Å²) in [5, 5.41) is 20.8. The SMILES string of the molecule is O=C(O)c1ccc2nnc([C@H]3CCC[C@@H](Nc4ncc(C(F)(F)F)c(OC5COC5)n4)C3)n2c1. The van der Waals surface area contributed by atoms with Gasteiger partial charge < -0.3 is 19.9 Å². The molecule has 1 aliphatic heterocycles. The molecule has 0 amide bonds. The molecular formula is C21H21F3N6O4. The van der Waals surface area contributed by atoms with Crippen molar-refractivity contribution < 1.29 is 32.5 Å². The second-order valence-electron chi connectivity index (χ2n) is 8.40. The highest BCUT2D eigenvalue weighted by Gasteiger charge is 2.38. The lowest BCUT2D eigenvalue weighted by Gasteiger charge is -2.30. The predicted molar refractivity (Wildman–Crippen MR) is 111 cm³/mol. The van der Waals surface area contributed by atoms with Crippen LogP contribution in [0.1, 0.15) is 53.3 Å². The maximum atomic E-state index is 13.4. The average Bonchev–Trinajstić information content (AvgIpc) is 3.19. The van der Waals surface area contributed by atoms with E-state index in [-0.39, 0.29) is 36.7 Å². The van der Waals surface area contributed by atoms with Gasteiger partial charge in [0.05, 0.1) is 18.8 Å². The summed E-state index contributed by atoms with van der Waals surface area (Å²) in [5.74, 6) is -0.895. The fourth-order valence-electron chi connectivity index (χ4n) is 4.21. The van der Waals surface area contributed by atoms with Crippen LogP contribution in [-0.2, 0) is 10.9 Å². The van der Waals surface area contributed by atoms with Crippen molar-refractivity contribution in [3.8, 4) is 5.88 Å². The largest absolute Gasteiger partial charge is 0.478 e. The summed E-state index contributed by atoms with van der Waals surface area (Å²) in [5.41, 5.74) is -0.361. The van der Waals surface area contributed by atoms with Gasteiger partial charge in [-0.3, -0.25) is 4.40 Å². The van der Waals surface area contributed by atoms with Crippen molar-refractivity contribution in [2.24, 2.45) is 0 Å². The van der Waals surface area contributed by atoms with Crippen molar-refractivity contribution in [3.05, 3.63) is 41.5 Å². The van der Waals surface area contributed by atoms with Crippen molar-refractivity contribution in [2.75, 3.05) is 18.5 Å². The van der Waals surface area contributed by atoms with Gasteiger partial charge in [-0.1, -0.05) is 6.42 Å². The van der Waals surface area contributed by atoms with Crippen molar-refractivity contribution in [1.82, 2.24) is 24.6 Å². The van der Waals surface area contributed by atoms with Crippen LogP contribution < -0.4 is 10.1 Å². The molecule has 1 saturated heterocycles. The summed E-state index contributed by atoms with van der Waals surface area (Å²) >= 11 is 0. The summed E-state index contributed by atoms with van der Waals surface area (Å²) in [6, 6.07) is 2.95. The second-order valence-corrected chi connectivity index (χ2v) is 8.40. The maximum Gasteiger partial charge on any atom is 0.423 e. The Labute approximate surface area is 191 Å². The van der Waals surface area contributed by atoms with Gasteiger partial charge in [0, 0.05) is 24.4 Å². The molecule has 4 heterocycles. The molecule has 2 aliphatic rings. The minimum absolute atomic E-state index is 0.0254. The molecule has 5 rings (SSSR count). The number of carbonyl (C=O) groups is 1. The molecule has 0 bridgehead atoms. The van der Waals surface area contributed by atoms with Gasteiger partial charge in [-0.2, -0.15) is 18.2 Å². The number of nitrogens with one attached hydrogen (secondary N) is 1. The lowest BCUT2D eigenvalue weighted by atomic mass is 9.85. The van der Waals surface area contributed by atoms with Gasteiger partial charge in [0.2, 0.25) is 11.8 Å². The van der Waals surface area contributed by atoms with Crippen LogP contribution in [0.4, 0.5) is 19.1 Å². The number of carboxylic acids is 1. The number of halogens is 3. The molecule has 0 spiro atoms. The third-order valence-corrected chi connectivity index (χ3v) is 5.99. The van der Waals surface area contributed by atoms with E-state index in [4.69, 9.17) is 9.47 Å². The van der Waals surface area contributed by atoms with Gasteiger partial charge >= 0.3 is 12.1 Å². The average molecular weight is 478 g/mol. The Bertz CT molecular complexity index is 1210. The molecule has 34 heavy (non-hydrogen) atoms. The Balaban J connectivity index is 1.35. The van der Waals surface area contributed by atoms with Gasteiger partial charge in [-0.15, -0.1) is 10.2 Å². The summed E-state index contributed by atoms with van der Waals surface area (Å²) < 4.78 is 52.1. The quantitative estimate of drug-likeness (QED) is 0.550. The molecule has 3 aromatic heterocycles. The fraction of sp³-hybridized carbons (Fsp3) is 0.476. The van der Waals surface area contributed by atoms with Crippen molar-refractivity contribution >= 4 is 17.6 Å². The van der Waals surface area contributed by atoms with Crippen LogP contribution >= 0.6 is 0 Å². The Morgan fingerprint density at radius 1 is 1.24 bits per heavy atom. The molecule has 180 valence electrons. The van der Waals surface area contributed by atoms with E-state index >= 15 is 0 Å². The number of aromatic nitrogens is 5. The summed E-state index contributed by atoms with van der Waals surface area (Å²) in [4.78, 5) is 19.2. The van der Waals surface area contributed by atoms with E-state index in [9.17, 15) is 23.1 Å². The number of carboxylic acid groups (broad SMARTS) is 1. The van der Waals surface area contributed by atoms with E-state index in [2.05, 4.69) is 25.5 Å². The zero-order chi connectivity index (χ0) is 23.9. The molecule has 0 aromatic carbocycles. The number of rotatable bonds is 6. The Hall–Kier alpha value is -3.48. The van der Waals surface area contributed by atoms with Crippen LogP contribution in [0.15, 0.2) is 24.5 Å². The van der Waals surface area contributed by atoms with Crippen LogP contribution in [0.5, 0.6) is 5.88 Å². The van der Waals surface area contributed by atoms with Crippen LogP contribution in [0.2, 0.25) is 0 Å². The van der Waals surface area contributed by atoms with Crippen LogP contribution in [-0.4, -0.2) is 61.0 Å². The minimum atomic E-state index is -4.64. The number of hydrogen-bond acceptors (Lipinski definition) is 8. The standard InChI is InChI=1S/C21H21F3N6O4/c22-21(23,24)15-7-25-20(27-18(15)34-14-9-33-10-14)26-13-3-1-2-11(6-13)17-29-28-16-5-4-12(19(31)32)8-30(16)17/h4-5,7-8,11,13-14H,1-3,6,9-10H2,(H,31,32)(H,25,26,27)/t11-,13+/m0/s1. The summed E-state index contributed by atoms with van der Waals surface area (Å²) in [6.07, 6.45) is 0.137. The third kappa shape index (κ3) is 4.47. The van der Waals surface area contributed by atoms with Crippen molar-refractivity contribution in [3.63, 3.8) is 0 Å². The number of fused-ring (bicyclic) bond motifs is 1. The lowest BCUT2D eigenvalue weighted by Crippen LogP contribution is -2.39. The first-order valence-electron chi connectivity index (χ1n) is 10.8. The topological polar surface area (TPSA) is 124 Å². The molecule has 0 radical (unpaired) electrons. The van der Waals surface area contributed by atoms with Crippen LogP contribution in [0, 0.1) is 0 Å². The first kappa shape index (κ1) is 22.3. The Morgan fingerprint density at radius 3 is 2.76 bits per heavy atom. The Morgan fingerprint density at radius 2 is 2.06 bits per heavy atom. The molecule has 1 saturated carbocycles. The zero-order valence-electron chi connectivity index (χ0n) is 17.8. The van der Waals surface area contributed by atoms with E-state index < -0.39 is 29.7 Å². The minimum Gasteiger partial charge on any atom is -0.478 e. The molecule has 2 N–H and O–H groups in total. The molecule has 0 unspecified atom stereocenters. The highest BCUT2D eigenvalue weighted by atomic mass is 19.4. The summed E-state index contributed by atoms with van der Waals surface area (Å²) in [6.45, 7) is 0.425. The Kier molecular flexibility index (Phi) is 5.71. The first-order chi connectivity index (χ1) is 16.3. The number of hydrogen-bond donors (Lipinski definition) is 2. The second kappa shape index (κ2) is 8.70. The van der Waals surface area contributed by atoms with E-state index in [1.807, 2.05) is 0 Å². The highest BCUT2D eigenvalue weighted by molar-refractivity contribution is 5.87. The van der Waals surface area contributed by atoms with E-state index in [0.717, 1.165) is 25.5 Å². The molecule has 10 nitrogen and oxygen atoms in total. The zero-order valence-corrected chi connectivity index (χ0v) is 17.8. The monoisotopic (exact) mass is 478 g/mol. The first-order valence-corrected chi connectivity index (χ1v) is 10.8. The highest BCUT2D eigenvalue weighted by Crippen LogP contribution is 2.37. The maximum absolute atomic E-state index is 13.4. The number of pyridine rings is 1. The molecule has 1 aliphatic carbocycles. The number of alkyl halides is 3. The lowest BCUT2D eigenvalue weighted by molar-refractivity contribution is -0.142. The number of ether oxygens (including phenoxy) is 2. The molecule has 2 fully saturated rings. The molecule has 2 atom stereocenters. The smallest absolute Gasteiger partial charge is 0.423 e. The third-order valence-electron chi connectivity index (χ3n) is 5.99. The molecule has 13 heteroatoms. The van der Waals surface area contributed by atoms with Gasteiger partial charge in [-0.25, -0.2) is 9.78 Å². The van der Waals surface area contributed by atoms with E-state index in [1.54, 1.807) is 10.5 Å². The van der Waals surface area contributed by atoms with Gasteiger partial charge in [0.15, 0.2) is 5.65 Å². The fourth-order valence-corrected chi connectivity index (χ4v) is 4.21. The molecular weight excluding hydrogens is 457 g/mol. The normalized spacial score (nSPS) is 21.3. The van der Waals surface area contributed by atoms with Crippen LogP contribution in [0.25, 0.3) is 5.65 Å².